The Labute approximate surface area is 235 Å². The van der Waals surface area contributed by atoms with Crippen LogP contribution in [-0.4, -0.2) is 58.5 Å². The van der Waals surface area contributed by atoms with Gasteiger partial charge in [0.15, 0.2) is 0 Å². The summed E-state index contributed by atoms with van der Waals surface area (Å²) in [5, 5.41) is 5.72. The summed E-state index contributed by atoms with van der Waals surface area (Å²) >= 11 is 0. The monoisotopic (exact) mass is 538 g/mol. The average molecular weight is 539 g/mol. The number of anilines is 3. The van der Waals surface area contributed by atoms with Gasteiger partial charge < -0.3 is 19.1 Å². The number of hydrazone groups is 1. The molecule has 0 radical (unpaired) electrons. The summed E-state index contributed by atoms with van der Waals surface area (Å²) in [7, 11) is 0. The lowest BCUT2D eigenvalue weighted by Crippen LogP contribution is -2.34. The number of nitrogens with one attached hydrogen (secondary N) is 1. The highest BCUT2D eigenvalue weighted by Gasteiger charge is 2.20. The Hall–Kier alpha value is -4.14. The second-order valence-electron chi connectivity index (χ2n) is 10.6. The van der Waals surface area contributed by atoms with E-state index in [0.717, 1.165) is 72.4 Å². The van der Waals surface area contributed by atoms with Crippen molar-refractivity contribution < 1.29 is 4.74 Å². The maximum atomic E-state index is 6.06. The van der Waals surface area contributed by atoms with Crippen molar-refractivity contribution in [3.8, 4) is 5.75 Å². The van der Waals surface area contributed by atoms with Gasteiger partial charge in [-0.3, -0.25) is 0 Å². The number of benzene rings is 2. The van der Waals surface area contributed by atoms with E-state index in [9.17, 15) is 0 Å². The van der Waals surface area contributed by atoms with E-state index in [1.807, 2.05) is 24.4 Å². The Morgan fingerprint density at radius 1 is 0.825 bits per heavy atom. The predicted molar refractivity (Wildman–Crippen MR) is 162 cm³/mol. The molecule has 4 heterocycles. The van der Waals surface area contributed by atoms with Gasteiger partial charge in [-0.2, -0.15) is 20.1 Å². The number of hydrogen-bond acceptors (Lipinski definition) is 8. The number of rotatable bonds is 9. The van der Waals surface area contributed by atoms with Crippen LogP contribution in [0.15, 0.2) is 59.8 Å². The molecule has 0 atom stereocenters. The number of hydrogen-bond donors (Lipinski definition) is 1. The van der Waals surface area contributed by atoms with Gasteiger partial charge in [-0.15, -0.1) is 0 Å². The Balaban J connectivity index is 1.19. The molecule has 0 saturated carbocycles. The van der Waals surface area contributed by atoms with Crippen LogP contribution >= 0.6 is 0 Å². The van der Waals surface area contributed by atoms with Gasteiger partial charge in [0, 0.05) is 48.8 Å². The van der Waals surface area contributed by atoms with Gasteiger partial charge in [-0.05, 0) is 63.1 Å². The molecule has 0 aliphatic carbocycles. The van der Waals surface area contributed by atoms with Crippen LogP contribution in [0.2, 0.25) is 0 Å². The van der Waals surface area contributed by atoms with Gasteiger partial charge in [0.2, 0.25) is 17.8 Å². The van der Waals surface area contributed by atoms with E-state index in [2.05, 4.69) is 68.3 Å². The third-order valence-corrected chi connectivity index (χ3v) is 7.76. The number of para-hydroxylation sites is 2. The van der Waals surface area contributed by atoms with Crippen LogP contribution in [0.5, 0.6) is 5.75 Å². The van der Waals surface area contributed by atoms with Crippen molar-refractivity contribution in [3.63, 3.8) is 0 Å². The van der Waals surface area contributed by atoms with Crippen molar-refractivity contribution in [2.75, 3.05) is 48.0 Å². The molecule has 4 aromatic rings. The molecule has 208 valence electrons. The minimum Gasteiger partial charge on any atom is -0.491 e. The molecule has 2 saturated heterocycles. The van der Waals surface area contributed by atoms with E-state index in [1.54, 1.807) is 0 Å². The summed E-state index contributed by atoms with van der Waals surface area (Å²) in [4.78, 5) is 18.9. The summed E-state index contributed by atoms with van der Waals surface area (Å²) in [6, 6.07) is 16.5. The van der Waals surface area contributed by atoms with Crippen molar-refractivity contribution in [3.05, 3.63) is 65.9 Å². The molecule has 9 heteroatoms. The lowest BCUT2D eigenvalue weighted by atomic mass is 10.1. The number of nitrogens with zero attached hydrogens (tertiary/aromatic N) is 7. The first kappa shape index (κ1) is 26.1. The van der Waals surface area contributed by atoms with Crippen LogP contribution in [0.4, 0.5) is 17.8 Å². The minimum atomic E-state index is 0.489. The highest BCUT2D eigenvalue weighted by atomic mass is 16.5. The lowest BCUT2D eigenvalue weighted by Gasteiger charge is -2.30. The van der Waals surface area contributed by atoms with Crippen LogP contribution in [0.1, 0.15) is 49.7 Å². The van der Waals surface area contributed by atoms with Crippen LogP contribution in [0.25, 0.3) is 10.9 Å². The van der Waals surface area contributed by atoms with E-state index in [0.29, 0.717) is 12.6 Å². The zero-order chi connectivity index (χ0) is 27.1. The molecule has 2 aromatic heterocycles. The van der Waals surface area contributed by atoms with E-state index in [1.165, 1.54) is 38.5 Å². The Bertz CT molecular complexity index is 1420. The average Bonchev–Trinajstić information content (AvgIpc) is 3.36. The van der Waals surface area contributed by atoms with Crippen LogP contribution in [0, 0.1) is 6.92 Å². The van der Waals surface area contributed by atoms with Crippen LogP contribution in [0.3, 0.4) is 0 Å². The van der Waals surface area contributed by atoms with Crippen molar-refractivity contribution in [2.45, 2.75) is 52.0 Å². The van der Waals surface area contributed by atoms with Gasteiger partial charge in [-0.25, -0.2) is 5.43 Å². The van der Waals surface area contributed by atoms with E-state index >= 15 is 0 Å². The summed E-state index contributed by atoms with van der Waals surface area (Å²) in [5.74, 6) is 2.91. The third-order valence-electron chi connectivity index (χ3n) is 7.76. The van der Waals surface area contributed by atoms with Crippen LogP contribution < -0.4 is 20.0 Å². The Kier molecular flexibility index (Phi) is 8.07. The standard InChI is InChI=1S/C31H38N8O/c1-24-12-4-7-15-28(24)40-21-20-39-23-25(26-13-5-6-14-27(26)39)22-32-36-29-33-30(37-16-8-2-9-17-37)35-31(34-29)38-18-10-3-11-19-38/h4-7,12-15,22-23H,2-3,8-11,16-21H2,1H3,(H,33,34,35,36). The fourth-order valence-electron chi connectivity index (χ4n) is 5.57. The molecular weight excluding hydrogens is 500 g/mol. The number of aryl methyl sites for hydroxylation is 1. The molecule has 9 nitrogen and oxygen atoms in total. The lowest BCUT2D eigenvalue weighted by molar-refractivity contribution is 0.298. The van der Waals surface area contributed by atoms with Crippen molar-refractivity contribution in [1.82, 2.24) is 19.5 Å². The van der Waals surface area contributed by atoms with Crippen molar-refractivity contribution in [1.29, 1.82) is 0 Å². The first-order chi connectivity index (χ1) is 19.7. The summed E-state index contributed by atoms with van der Waals surface area (Å²) in [6.07, 6.45) is 11.2. The fourth-order valence-corrected chi connectivity index (χ4v) is 5.57. The number of ether oxygens (including phenoxy) is 1. The number of fused-ring (bicyclic) bond motifs is 1. The van der Waals surface area contributed by atoms with Gasteiger partial charge in [0.25, 0.3) is 0 Å². The number of aromatic nitrogens is 4. The Morgan fingerprint density at radius 2 is 1.48 bits per heavy atom. The van der Waals surface area contributed by atoms with Gasteiger partial charge in [0.05, 0.1) is 12.8 Å². The summed E-state index contributed by atoms with van der Waals surface area (Å²) in [6.45, 7) is 7.33. The molecule has 2 aromatic carbocycles. The zero-order valence-electron chi connectivity index (χ0n) is 23.3. The molecule has 40 heavy (non-hydrogen) atoms. The SMILES string of the molecule is Cc1ccccc1OCCn1cc(C=NNc2nc(N3CCCCC3)nc(N3CCCCC3)n2)c2ccccc21. The molecule has 0 amide bonds. The minimum absolute atomic E-state index is 0.489. The highest BCUT2D eigenvalue weighted by molar-refractivity contribution is 5.99. The van der Waals surface area contributed by atoms with Gasteiger partial charge in [-0.1, -0.05) is 36.4 Å². The van der Waals surface area contributed by atoms with Gasteiger partial charge in [0.1, 0.15) is 12.4 Å². The fraction of sp³-hybridized carbons (Fsp3) is 0.419. The smallest absolute Gasteiger partial charge is 0.250 e. The predicted octanol–water partition coefficient (Wildman–Crippen LogP) is 5.64. The first-order valence-corrected chi connectivity index (χ1v) is 14.6. The number of piperidine rings is 2. The normalized spacial score (nSPS) is 16.1. The van der Waals surface area contributed by atoms with Crippen molar-refractivity contribution >= 4 is 35.0 Å². The van der Waals surface area contributed by atoms with E-state index in [-0.39, 0.29) is 0 Å². The first-order valence-electron chi connectivity index (χ1n) is 14.6. The second kappa shape index (κ2) is 12.4. The second-order valence-corrected chi connectivity index (χ2v) is 10.6. The maximum Gasteiger partial charge on any atom is 0.250 e. The molecule has 2 fully saturated rings. The molecule has 1 N–H and O–H groups in total. The molecule has 2 aliphatic rings. The molecule has 0 bridgehead atoms. The third kappa shape index (κ3) is 6.03. The molecule has 0 spiro atoms. The molecular formula is C31H38N8O. The Morgan fingerprint density at radius 3 is 2.17 bits per heavy atom. The largest absolute Gasteiger partial charge is 0.491 e. The van der Waals surface area contributed by atoms with Gasteiger partial charge >= 0.3 is 0 Å². The molecule has 2 aliphatic heterocycles. The summed E-state index contributed by atoms with van der Waals surface area (Å²) in [5.41, 5.74) is 6.44. The molecule has 6 rings (SSSR count). The zero-order valence-corrected chi connectivity index (χ0v) is 23.3. The topological polar surface area (TPSA) is 83.7 Å². The molecule has 0 unspecified atom stereocenters. The summed E-state index contributed by atoms with van der Waals surface area (Å²) < 4.78 is 8.29. The van der Waals surface area contributed by atoms with E-state index < -0.39 is 0 Å². The van der Waals surface area contributed by atoms with E-state index in [4.69, 9.17) is 19.7 Å². The van der Waals surface area contributed by atoms with Crippen molar-refractivity contribution in [2.24, 2.45) is 5.10 Å². The van der Waals surface area contributed by atoms with Crippen LogP contribution in [-0.2, 0) is 6.54 Å². The quantitative estimate of drug-likeness (QED) is 0.218. The highest BCUT2D eigenvalue weighted by Crippen LogP contribution is 2.24. The maximum absolute atomic E-state index is 6.06.